The van der Waals surface area contributed by atoms with Gasteiger partial charge in [-0.1, -0.05) is 11.3 Å². The van der Waals surface area contributed by atoms with Gasteiger partial charge in [-0.05, 0) is 44.1 Å². The first-order valence-corrected chi connectivity index (χ1v) is 10.5. The topological polar surface area (TPSA) is 60.2 Å². The monoisotopic (exact) mass is 372 g/mol. The van der Waals surface area contributed by atoms with Crippen LogP contribution in [-0.4, -0.2) is 34.0 Å². The number of aryl methyl sites for hydroxylation is 2. The van der Waals surface area contributed by atoms with Gasteiger partial charge in [0.05, 0.1) is 42.1 Å². The molecule has 7 heteroatoms. The van der Waals surface area contributed by atoms with Crippen molar-refractivity contribution < 1.29 is 4.74 Å². The first-order valence-electron chi connectivity index (χ1n) is 9.71. The summed E-state index contributed by atoms with van der Waals surface area (Å²) in [6.07, 6.45) is 7.50. The van der Waals surface area contributed by atoms with E-state index in [4.69, 9.17) is 14.8 Å². The second-order valence-corrected chi connectivity index (χ2v) is 8.56. The molecule has 5 rings (SSSR count). The molecule has 1 saturated heterocycles. The number of nitrogens with zero attached hydrogens (tertiary/aromatic N) is 4. The van der Waals surface area contributed by atoms with E-state index in [2.05, 4.69) is 4.90 Å². The van der Waals surface area contributed by atoms with Crippen molar-refractivity contribution in [3.8, 4) is 0 Å². The van der Waals surface area contributed by atoms with E-state index in [1.54, 1.807) is 16.0 Å². The van der Waals surface area contributed by atoms with Crippen LogP contribution in [0.15, 0.2) is 10.9 Å². The maximum Gasteiger partial charge on any atom is 0.267 e. The van der Waals surface area contributed by atoms with Crippen LogP contribution in [0.4, 0.5) is 5.13 Å². The minimum atomic E-state index is 0.0457. The summed E-state index contributed by atoms with van der Waals surface area (Å²) in [6.45, 7) is 3.13. The second-order valence-electron chi connectivity index (χ2n) is 7.50. The fourth-order valence-electron chi connectivity index (χ4n) is 4.34. The van der Waals surface area contributed by atoms with E-state index in [-0.39, 0.29) is 5.56 Å². The Hall–Kier alpha value is -1.73. The van der Waals surface area contributed by atoms with Crippen LogP contribution in [0.1, 0.15) is 47.5 Å². The molecule has 138 valence electrons. The molecule has 0 bridgehead atoms. The summed E-state index contributed by atoms with van der Waals surface area (Å²) in [5.41, 5.74) is 3.53. The minimum absolute atomic E-state index is 0.0457. The van der Waals surface area contributed by atoms with Gasteiger partial charge >= 0.3 is 0 Å². The van der Waals surface area contributed by atoms with E-state index < -0.39 is 0 Å². The van der Waals surface area contributed by atoms with Crippen molar-refractivity contribution in [2.24, 2.45) is 0 Å². The summed E-state index contributed by atoms with van der Waals surface area (Å²) < 4.78 is 7.26. The van der Waals surface area contributed by atoms with Gasteiger partial charge in [-0.15, -0.1) is 0 Å². The quantitative estimate of drug-likeness (QED) is 0.828. The van der Waals surface area contributed by atoms with Crippen LogP contribution < -0.4 is 10.5 Å². The molecule has 1 aliphatic carbocycles. The van der Waals surface area contributed by atoms with Crippen LogP contribution >= 0.6 is 11.3 Å². The summed E-state index contributed by atoms with van der Waals surface area (Å²) in [4.78, 5) is 21.1. The van der Waals surface area contributed by atoms with Gasteiger partial charge in [-0.3, -0.25) is 4.79 Å². The Kier molecular flexibility index (Phi) is 4.29. The largest absolute Gasteiger partial charge is 0.375 e. The third kappa shape index (κ3) is 2.97. The normalized spacial score (nSPS) is 22.3. The minimum Gasteiger partial charge on any atom is -0.375 e. The first-order chi connectivity index (χ1) is 12.8. The van der Waals surface area contributed by atoms with Crippen LogP contribution in [0.5, 0.6) is 0 Å². The van der Waals surface area contributed by atoms with Crippen molar-refractivity contribution in [1.82, 2.24) is 14.8 Å². The lowest BCUT2D eigenvalue weighted by Gasteiger charge is -2.25. The molecular formula is C19H24N4O2S. The lowest BCUT2D eigenvalue weighted by atomic mass is 9.97. The molecule has 0 amide bonds. The number of hydrogen-bond donors (Lipinski definition) is 0. The zero-order valence-corrected chi connectivity index (χ0v) is 15.8. The highest BCUT2D eigenvalue weighted by Gasteiger charge is 2.29. The maximum atomic E-state index is 12.5. The van der Waals surface area contributed by atoms with Crippen LogP contribution in [-0.2, 0) is 37.2 Å². The van der Waals surface area contributed by atoms with E-state index in [0.717, 1.165) is 61.6 Å². The number of rotatable bonds is 3. The lowest BCUT2D eigenvalue weighted by molar-refractivity contribution is 0.112. The summed E-state index contributed by atoms with van der Waals surface area (Å²) in [6, 6.07) is 2.12. The Morgan fingerprint density at radius 1 is 1.19 bits per heavy atom. The van der Waals surface area contributed by atoms with E-state index in [9.17, 15) is 4.79 Å². The number of thiazole rings is 1. The Labute approximate surface area is 156 Å². The zero-order chi connectivity index (χ0) is 17.5. The van der Waals surface area contributed by atoms with Crippen LogP contribution in [0.3, 0.4) is 0 Å². The molecule has 2 aromatic heterocycles. The molecule has 0 aromatic carbocycles. The highest BCUT2D eigenvalue weighted by molar-refractivity contribution is 7.15. The molecule has 6 nitrogen and oxygen atoms in total. The van der Waals surface area contributed by atoms with Gasteiger partial charge in [0.1, 0.15) is 0 Å². The fraction of sp³-hybridized carbons (Fsp3) is 0.632. The van der Waals surface area contributed by atoms with Crippen molar-refractivity contribution in [1.29, 1.82) is 0 Å². The second kappa shape index (κ2) is 6.78. The van der Waals surface area contributed by atoms with Crippen molar-refractivity contribution in [2.75, 3.05) is 18.1 Å². The van der Waals surface area contributed by atoms with Crippen LogP contribution in [0.25, 0.3) is 0 Å². The van der Waals surface area contributed by atoms with Gasteiger partial charge in [-0.2, -0.15) is 5.10 Å². The molecule has 0 saturated carbocycles. The van der Waals surface area contributed by atoms with E-state index in [1.165, 1.54) is 23.4 Å². The molecule has 2 aliphatic heterocycles. The van der Waals surface area contributed by atoms with E-state index in [0.29, 0.717) is 19.2 Å². The number of fused-ring (bicyclic) bond motifs is 2. The summed E-state index contributed by atoms with van der Waals surface area (Å²) in [5, 5.41) is 5.80. The number of ether oxygens (including phenoxy) is 1. The molecule has 4 heterocycles. The van der Waals surface area contributed by atoms with E-state index in [1.807, 2.05) is 6.07 Å². The van der Waals surface area contributed by atoms with Gasteiger partial charge in [0.25, 0.3) is 5.56 Å². The van der Waals surface area contributed by atoms with Crippen molar-refractivity contribution in [3.05, 3.63) is 38.2 Å². The lowest BCUT2D eigenvalue weighted by Crippen LogP contribution is -2.37. The summed E-state index contributed by atoms with van der Waals surface area (Å²) in [7, 11) is 0. The fourth-order valence-corrected chi connectivity index (χ4v) is 5.48. The Balaban J connectivity index is 1.39. The molecule has 0 N–H and O–H groups in total. The van der Waals surface area contributed by atoms with Gasteiger partial charge in [0.2, 0.25) is 0 Å². The third-order valence-corrected chi connectivity index (χ3v) is 6.87. The van der Waals surface area contributed by atoms with Crippen LogP contribution in [0.2, 0.25) is 0 Å². The molecule has 1 fully saturated rings. The number of aromatic nitrogens is 3. The highest BCUT2D eigenvalue weighted by Crippen LogP contribution is 2.34. The SMILES string of the molecule is O=c1cc2c(nn1CC1CCCN1c1nc3c(s1)COCC3)CCCC2. The van der Waals surface area contributed by atoms with Crippen molar-refractivity contribution >= 4 is 16.5 Å². The zero-order valence-electron chi connectivity index (χ0n) is 14.9. The van der Waals surface area contributed by atoms with E-state index >= 15 is 0 Å². The third-order valence-electron chi connectivity index (χ3n) is 5.76. The smallest absolute Gasteiger partial charge is 0.267 e. The number of hydrogen-bond acceptors (Lipinski definition) is 6. The van der Waals surface area contributed by atoms with Gasteiger partial charge in [0, 0.05) is 19.0 Å². The average Bonchev–Trinajstić information content (AvgIpc) is 3.28. The van der Waals surface area contributed by atoms with Gasteiger partial charge in [0.15, 0.2) is 5.13 Å². The molecular weight excluding hydrogens is 348 g/mol. The highest BCUT2D eigenvalue weighted by atomic mass is 32.1. The predicted octanol–water partition coefficient (Wildman–Crippen LogP) is 2.32. The average molecular weight is 372 g/mol. The summed E-state index contributed by atoms with van der Waals surface area (Å²) >= 11 is 1.76. The standard InChI is InChI=1S/C19H24N4O2S/c24-18-10-13-4-1-2-6-15(13)21-23(18)11-14-5-3-8-22(14)19-20-16-7-9-25-12-17(16)26-19/h10,14H,1-9,11-12H2. The molecule has 1 atom stereocenters. The Morgan fingerprint density at radius 3 is 3.04 bits per heavy atom. The molecule has 2 aromatic rings. The molecule has 0 spiro atoms. The summed E-state index contributed by atoms with van der Waals surface area (Å²) in [5.74, 6) is 0. The Morgan fingerprint density at radius 2 is 2.12 bits per heavy atom. The molecule has 26 heavy (non-hydrogen) atoms. The van der Waals surface area contributed by atoms with Crippen LogP contribution in [0, 0.1) is 0 Å². The maximum absolute atomic E-state index is 12.5. The van der Waals surface area contributed by atoms with Gasteiger partial charge in [-0.25, -0.2) is 9.67 Å². The molecule has 3 aliphatic rings. The van der Waals surface area contributed by atoms with Crippen molar-refractivity contribution in [3.63, 3.8) is 0 Å². The Bertz CT molecular complexity index is 851. The molecule has 0 radical (unpaired) electrons. The predicted molar refractivity (Wildman–Crippen MR) is 101 cm³/mol. The van der Waals surface area contributed by atoms with Gasteiger partial charge < -0.3 is 9.64 Å². The first kappa shape index (κ1) is 16.4. The van der Waals surface area contributed by atoms with Crippen molar-refractivity contribution in [2.45, 2.75) is 64.1 Å². The number of anilines is 1. The molecule has 1 unspecified atom stereocenters.